The fourth-order valence-electron chi connectivity index (χ4n) is 3.87. The van der Waals surface area contributed by atoms with Crippen LogP contribution in [-0.2, 0) is 4.74 Å². The molecule has 0 bridgehead atoms. The smallest absolute Gasteiger partial charge is 0.257 e. The summed E-state index contributed by atoms with van der Waals surface area (Å²) in [6.45, 7) is 5.62. The summed E-state index contributed by atoms with van der Waals surface area (Å²) in [7, 11) is 0. The minimum Gasteiger partial charge on any atom is -0.376 e. The van der Waals surface area contributed by atoms with Crippen molar-refractivity contribution in [1.82, 2.24) is 4.90 Å². The Bertz CT molecular complexity index is 796. The van der Waals surface area contributed by atoms with Crippen LogP contribution < -0.4 is 5.32 Å². The molecule has 4 nitrogen and oxygen atoms in total. The summed E-state index contributed by atoms with van der Waals surface area (Å²) in [4.78, 5) is 15.1. The predicted molar refractivity (Wildman–Crippen MR) is 98.7 cm³/mol. The number of para-hydroxylation sites is 1. The van der Waals surface area contributed by atoms with Gasteiger partial charge in [0.1, 0.15) is 6.17 Å². The molecule has 1 amide bonds. The first-order valence-corrected chi connectivity index (χ1v) is 8.99. The normalized spacial score (nSPS) is 22.6. The molecule has 0 spiro atoms. The average molecular weight is 336 g/mol. The van der Waals surface area contributed by atoms with Gasteiger partial charge in [-0.05, 0) is 49.9 Å². The van der Waals surface area contributed by atoms with E-state index in [2.05, 4.69) is 37.4 Å². The third kappa shape index (κ3) is 3.02. The quantitative estimate of drug-likeness (QED) is 0.919. The summed E-state index contributed by atoms with van der Waals surface area (Å²) in [5, 5.41) is 3.58. The molecule has 1 saturated heterocycles. The van der Waals surface area contributed by atoms with Crippen LogP contribution in [0.3, 0.4) is 0 Å². The topological polar surface area (TPSA) is 41.6 Å². The van der Waals surface area contributed by atoms with Crippen molar-refractivity contribution in [2.45, 2.75) is 39.0 Å². The Balaban J connectivity index is 1.74. The second-order valence-electron chi connectivity index (χ2n) is 7.05. The third-order valence-corrected chi connectivity index (χ3v) is 5.17. The van der Waals surface area contributed by atoms with Crippen molar-refractivity contribution >= 4 is 11.6 Å². The Morgan fingerprint density at radius 2 is 2.04 bits per heavy atom. The standard InChI is InChI=1S/C21H24N2O2/c1-14-9-10-17(15(2)12-14)20-22-19-8-4-3-7-18(19)21(24)23(20)13-16-6-5-11-25-16/h3-4,7-10,12,16,20,22H,5-6,11,13H2,1-2H3/t16-,20+/m1/s1. The van der Waals surface area contributed by atoms with Gasteiger partial charge in [-0.2, -0.15) is 0 Å². The van der Waals surface area contributed by atoms with Gasteiger partial charge in [0.05, 0.1) is 11.7 Å². The van der Waals surface area contributed by atoms with Crippen molar-refractivity contribution < 1.29 is 9.53 Å². The first-order valence-electron chi connectivity index (χ1n) is 8.99. The summed E-state index contributed by atoms with van der Waals surface area (Å²) in [5.74, 6) is 0.0785. The molecular weight excluding hydrogens is 312 g/mol. The molecule has 4 rings (SSSR count). The van der Waals surface area contributed by atoms with Gasteiger partial charge in [-0.1, -0.05) is 35.9 Å². The van der Waals surface area contributed by atoms with Gasteiger partial charge in [-0.25, -0.2) is 0 Å². The number of carbonyl (C=O) groups is 1. The monoisotopic (exact) mass is 336 g/mol. The Hall–Kier alpha value is -2.33. The predicted octanol–water partition coefficient (Wildman–Crippen LogP) is 4.05. The molecule has 2 atom stereocenters. The summed E-state index contributed by atoms with van der Waals surface area (Å²) >= 11 is 0. The summed E-state index contributed by atoms with van der Waals surface area (Å²) in [5.41, 5.74) is 5.21. The van der Waals surface area contributed by atoms with Gasteiger partial charge in [0.15, 0.2) is 0 Å². The van der Waals surface area contributed by atoms with Gasteiger partial charge in [-0.15, -0.1) is 0 Å². The Labute approximate surface area is 148 Å². The van der Waals surface area contributed by atoms with Crippen molar-refractivity contribution in [3.63, 3.8) is 0 Å². The Morgan fingerprint density at radius 3 is 2.80 bits per heavy atom. The lowest BCUT2D eigenvalue weighted by atomic mass is 9.98. The van der Waals surface area contributed by atoms with E-state index < -0.39 is 0 Å². The number of hydrogen-bond acceptors (Lipinski definition) is 3. The number of hydrogen-bond donors (Lipinski definition) is 1. The maximum absolute atomic E-state index is 13.2. The van der Waals surface area contributed by atoms with Crippen molar-refractivity contribution in [3.05, 3.63) is 64.7 Å². The molecular formula is C21H24N2O2. The number of benzene rings is 2. The maximum atomic E-state index is 13.2. The highest BCUT2D eigenvalue weighted by atomic mass is 16.5. The SMILES string of the molecule is Cc1ccc([C@H]2Nc3ccccc3C(=O)N2C[C@H]2CCCO2)c(C)c1. The second kappa shape index (κ2) is 6.52. The zero-order chi connectivity index (χ0) is 17.4. The zero-order valence-corrected chi connectivity index (χ0v) is 14.8. The van der Waals surface area contributed by atoms with Crippen LogP contribution in [0.4, 0.5) is 5.69 Å². The van der Waals surface area contributed by atoms with Gasteiger partial charge >= 0.3 is 0 Å². The molecule has 0 unspecified atom stereocenters. The molecule has 0 radical (unpaired) electrons. The molecule has 4 heteroatoms. The van der Waals surface area contributed by atoms with E-state index in [4.69, 9.17) is 4.74 Å². The Morgan fingerprint density at radius 1 is 1.20 bits per heavy atom. The highest BCUT2D eigenvalue weighted by molar-refractivity contribution is 6.01. The number of carbonyl (C=O) groups excluding carboxylic acids is 1. The molecule has 1 N–H and O–H groups in total. The number of nitrogens with zero attached hydrogens (tertiary/aromatic N) is 1. The summed E-state index contributed by atoms with van der Waals surface area (Å²) in [6, 6.07) is 14.2. The van der Waals surface area contributed by atoms with E-state index in [1.165, 1.54) is 11.1 Å². The highest BCUT2D eigenvalue weighted by Crippen LogP contribution is 2.35. The number of ether oxygens (including phenoxy) is 1. The number of rotatable bonds is 3. The molecule has 25 heavy (non-hydrogen) atoms. The van der Waals surface area contributed by atoms with Crippen LogP contribution in [0.25, 0.3) is 0 Å². The lowest BCUT2D eigenvalue weighted by Gasteiger charge is -2.39. The lowest BCUT2D eigenvalue weighted by molar-refractivity contribution is 0.0426. The van der Waals surface area contributed by atoms with E-state index in [0.717, 1.165) is 36.3 Å². The fraction of sp³-hybridized carbons (Fsp3) is 0.381. The van der Waals surface area contributed by atoms with Gasteiger partial charge in [-0.3, -0.25) is 4.79 Å². The average Bonchev–Trinajstić information content (AvgIpc) is 3.11. The van der Waals surface area contributed by atoms with E-state index >= 15 is 0 Å². The highest BCUT2D eigenvalue weighted by Gasteiger charge is 2.35. The van der Waals surface area contributed by atoms with Crippen LogP contribution in [0.2, 0.25) is 0 Å². The van der Waals surface area contributed by atoms with Gasteiger partial charge in [0.2, 0.25) is 0 Å². The first kappa shape index (κ1) is 16.2. The fourth-order valence-corrected chi connectivity index (χ4v) is 3.87. The Kier molecular flexibility index (Phi) is 4.22. The van der Waals surface area contributed by atoms with E-state index in [9.17, 15) is 4.79 Å². The number of fused-ring (bicyclic) bond motifs is 1. The van der Waals surface area contributed by atoms with Gasteiger partial charge in [0, 0.05) is 18.8 Å². The van der Waals surface area contributed by atoms with E-state index in [1.807, 2.05) is 29.2 Å². The molecule has 2 aromatic carbocycles. The van der Waals surface area contributed by atoms with Gasteiger partial charge < -0.3 is 15.0 Å². The van der Waals surface area contributed by atoms with Crippen LogP contribution in [0.1, 0.15) is 46.1 Å². The largest absolute Gasteiger partial charge is 0.376 e. The molecule has 2 aliphatic heterocycles. The molecule has 0 aromatic heterocycles. The van der Waals surface area contributed by atoms with Crippen molar-refractivity contribution in [1.29, 1.82) is 0 Å². The summed E-state index contributed by atoms with van der Waals surface area (Å²) < 4.78 is 5.80. The number of aryl methyl sites for hydroxylation is 2. The van der Waals surface area contributed by atoms with Crippen LogP contribution in [-0.4, -0.2) is 30.1 Å². The van der Waals surface area contributed by atoms with Crippen molar-refractivity contribution in [3.8, 4) is 0 Å². The minimum absolute atomic E-state index is 0.0785. The summed E-state index contributed by atoms with van der Waals surface area (Å²) in [6.07, 6.45) is 2.06. The van der Waals surface area contributed by atoms with Gasteiger partial charge in [0.25, 0.3) is 5.91 Å². The molecule has 1 fully saturated rings. The molecule has 2 heterocycles. The van der Waals surface area contributed by atoms with Crippen LogP contribution >= 0.6 is 0 Å². The molecule has 2 aromatic rings. The third-order valence-electron chi connectivity index (χ3n) is 5.17. The van der Waals surface area contributed by atoms with Crippen molar-refractivity contribution in [2.75, 3.05) is 18.5 Å². The molecule has 0 saturated carbocycles. The van der Waals surface area contributed by atoms with E-state index in [1.54, 1.807) is 0 Å². The van der Waals surface area contributed by atoms with E-state index in [-0.39, 0.29) is 18.2 Å². The molecule has 0 aliphatic carbocycles. The number of amides is 1. The molecule has 130 valence electrons. The minimum atomic E-state index is -0.160. The van der Waals surface area contributed by atoms with Crippen LogP contribution in [0.15, 0.2) is 42.5 Å². The number of nitrogens with one attached hydrogen (secondary N) is 1. The van der Waals surface area contributed by atoms with Crippen LogP contribution in [0.5, 0.6) is 0 Å². The molecule has 2 aliphatic rings. The lowest BCUT2D eigenvalue weighted by Crippen LogP contribution is -2.46. The maximum Gasteiger partial charge on any atom is 0.257 e. The zero-order valence-electron chi connectivity index (χ0n) is 14.8. The van der Waals surface area contributed by atoms with Crippen LogP contribution in [0, 0.1) is 13.8 Å². The first-order chi connectivity index (χ1) is 12.1. The second-order valence-corrected chi connectivity index (χ2v) is 7.05. The van der Waals surface area contributed by atoms with E-state index in [0.29, 0.717) is 6.54 Å². The van der Waals surface area contributed by atoms with Crippen molar-refractivity contribution in [2.24, 2.45) is 0 Å². The number of anilines is 1.